The number of methoxy groups -OCH3 is 1. The minimum Gasteiger partial charge on any atom is -0.495 e. The highest BCUT2D eigenvalue weighted by atomic mass is 35.5. The van der Waals surface area contributed by atoms with Crippen molar-refractivity contribution in [3.63, 3.8) is 0 Å². The summed E-state index contributed by atoms with van der Waals surface area (Å²) in [7, 11) is -1.99. The van der Waals surface area contributed by atoms with Gasteiger partial charge in [0.2, 0.25) is 0 Å². The van der Waals surface area contributed by atoms with Crippen molar-refractivity contribution in [3.8, 4) is 5.75 Å². The van der Waals surface area contributed by atoms with Crippen LogP contribution in [-0.2, 0) is 9.84 Å². The van der Waals surface area contributed by atoms with Crippen LogP contribution in [0, 0.1) is 0 Å². The van der Waals surface area contributed by atoms with Crippen LogP contribution in [0.1, 0.15) is 18.5 Å². The van der Waals surface area contributed by atoms with E-state index in [0.717, 1.165) is 11.6 Å². The number of sulfone groups is 1. The number of hydrogen-bond donors (Lipinski definition) is 2. The predicted octanol–water partition coefficient (Wildman–Crippen LogP) is 3.77. The van der Waals surface area contributed by atoms with Gasteiger partial charge in [-0.3, -0.25) is 4.79 Å². The van der Waals surface area contributed by atoms with Gasteiger partial charge in [0.1, 0.15) is 10.6 Å². The summed E-state index contributed by atoms with van der Waals surface area (Å²) in [6, 6.07) is 11.6. The summed E-state index contributed by atoms with van der Waals surface area (Å²) in [5.74, 6) is 0.244. The number of anilines is 1. The van der Waals surface area contributed by atoms with Crippen LogP contribution in [0.25, 0.3) is 10.9 Å². The second-order valence-corrected chi connectivity index (χ2v) is 8.65. The van der Waals surface area contributed by atoms with Crippen LogP contribution in [0.15, 0.2) is 52.2 Å². The number of aromatic amines is 1. The largest absolute Gasteiger partial charge is 0.495 e. The Morgan fingerprint density at radius 2 is 1.93 bits per heavy atom. The number of ether oxygens (including phenoxy) is 1. The van der Waals surface area contributed by atoms with E-state index in [0.29, 0.717) is 21.8 Å². The molecule has 142 valence electrons. The first-order valence-electron chi connectivity index (χ1n) is 8.17. The molecule has 0 saturated carbocycles. The van der Waals surface area contributed by atoms with Crippen LogP contribution in [-0.4, -0.2) is 26.8 Å². The van der Waals surface area contributed by atoms with Crippen LogP contribution < -0.4 is 15.6 Å². The Kier molecular flexibility index (Phi) is 5.17. The maximum Gasteiger partial charge on any atom is 0.253 e. The molecule has 0 aliphatic rings. The number of benzene rings is 2. The summed E-state index contributed by atoms with van der Waals surface area (Å²) in [4.78, 5) is 15.4. The third-order valence-electron chi connectivity index (χ3n) is 4.27. The van der Waals surface area contributed by atoms with E-state index in [2.05, 4.69) is 10.3 Å². The Morgan fingerprint density at radius 1 is 1.19 bits per heavy atom. The molecule has 0 unspecified atom stereocenters. The Hall–Kier alpha value is -2.51. The van der Waals surface area contributed by atoms with Gasteiger partial charge in [-0.15, -0.1) is 0 Å². The molecule has 1 atom stereocenters. The fourth-order valence-electron chi connectivity index (χ4n) is 2.92. The number of halogens is 1. The summed E-state index contributed by atoms with van der Waals surface area (Å²) in [6.07, 6.45) is 1.13. The number of H-pyrrole nitrogens is 1. The van der Waals surface area contributed by atoms with Crippen LogP contribution in [0.3, 0.4) is 0 Å². The summed E-state index contributed by atoms with van der Waals surface area (Å²) >= 11 is 6.13. The van der Waals surface area contributed by atoms with Gasteiger partial charge < -0.3 is 15.0 Å². The summed E-state index contributed by atoms with van der Waals surface area (Å²) < 4.78 is 28.8. The standard InChI is InChI=1S/C19H19ClN2O4S/c1-11(14-9-12-5-4-6-15(20)18(12)22-19(14)23)21-13-7-8-17(27(3,24)25)16(10-13)26-2/h4-11,21H,1-3H3,(H,22,23)/t11-/m0/s1. The van der Waals surface area contributed by atoms with Crippen molar-refractivity contribution in [2.75, 3.05) is 18.7 Å². The van der Waals surface area contributed by atoms with Gasteiger partial charge in [0.05, 0.1) is 23.7 Å². The zero-order valence-corrected chi connectivity index (χ0v) is 16.6. The lowest BCUT2D eigenvalue weighted by atomic mass is 10.1. The van der Waals surface area contributed by atoms with E-state index in [4.69, 9.17) is 16.3 Å². The van der Waals surface area contributed by atoms with Gasteiger partial charge in [0.15, 0.2) is 9.84 Å². The fraction of sp³-hybridized carbons (Fsp3) is 0.211. The zero-order chi connectivity index (χ0) is 19.8. The third kappa shape index (κ3) is 3.94. The van der Waals surface area contributed by atoms with Crippen molar-refractivity contribution >= 4 is 38.0 Å². The molecule has 0 aliphatic heterocycles. The van der Waals surface area contributed by atoms with Gasteiger partial charge in [0, 0.05) is 29.0 Å². The second kappa shape index (κ2) is 7.25. The Morgan fingerprint density at radius 3 is 2.59 bits per heavy atom. The molecular weight excluding hydrogens is 388 g/mol. The molecule has 8 heteroatoms. The number of pyridine rings is 1. The molecule has 0 radical (unpaired) electrons. The van der Waals surface area contributed by atoms with E-state index < -0.39 is 9.84 Å². The van der Waals surface area contributed by atoms with Crippen LogP contribution >= 0.6 is 11.6 Å². The highest BCUT2D eigenvalue weighted by molar-refractivity contribution is 7.90. The molecule has 1 aromatic heterocycles. The van der Waals surface area contributed by atoms with Crippen molar-refractivity contribution in [3.05, 3.63) is 63.4 Å². The number of rotatable bonds is 5. The molecule has 2 aromatic carbocycles. The minimum absolute atomic E-state index is 0.112. The maximum absolute atomic E-state index is 12.5. The van der Waals surface area contributed by atoms with E-state index in [9.17, 15) is 13.2 Å². The quantitative estimate of drug-likeness (QED) is 0.673. The van der Waals surface area contributed by atoms with Crippen molar-refractivity contribution in [2.24, 2.45) is 0 Å². The van der Waals surface area contributed by atoms with Gasteiger partial charge >= 0.3 is 0 Å². The van der Waals surface area contributed by atoms with E-state index in [1.807, 2.05) is 19.1 Å². The number of hydrogen-bond acceptors (Lipinski definition) is 5. The maximum atomic E-state index is 12.5. The highest BCUT2D eigenvalue weighted by Crippen LogP contribution is 2.29. The molecule has 3 aromatic rings. The van der Waals surface area contributed by atoms with Crippen LogP contribution in [0.2, 0.25) is 5.02 Å². The van der Waals surface area contributed by atoms with Gasteiger partial charge in [-0.2, -0.15) is 0 Å². The fourth-order valence-corrected chi connectivity index (χ4v) is 3.98. The molecule has 1 heterocycles. The first-order chi connectivity index (χ1) is 12.7. The van der Waals surface area contributed by atoms with Crippen LogP contribution in [0.5, 0.6) is 5.75 Å². The molecular formula is C19H19ClN2O4S. The van der Waals surface area contributed by atoms with E-state index >= 15 is 0 Å². The Bertz CT molecular complexity index is 1170. The SMILES string of the molecule is COc1cc(N[C@@H](C)c2cc3cccc(Cl)c3[nH]c2=O)ccc1S(C)(=O)=O. The number of nitrogens with one attached hydrogen (secondary N) is 2. The molecule has 6 nitrogen and oxygen atoms in total. The molecule has 27 heavy (non-hydrogen) atoms. The van der Waals surface area contributed by atoms with Crippen molar-refractivity contribution in [1.82, 2.24) is 4.98 Å². The topological polar surface area (TPSA) is 88.3 Å². The second-order valence-electron chi connectivity index (χ2n) is 6.26. The predicted molar refractivity (Wildman–Crippen MR) is 108 cm³/mol. The van der Waals surface area contributed by atoms with E-state index in [1.54, 1.807) is 24.3 Å². The molecule has 0 amide bonds. The monoisotopic (exact) mass is 406 g/mol. The van der Waals surface area contributed by atoms with Gasteiger partial charge in [0.25, 0.3) is 5.56 Å². The normalized spacial score (nSPS) is 12.7. The molecule has 0 saturated heterocycles. The van der Waals surface area contributed by atoms with E-state index in [-0.39, 0.29) is 22.2 Å². The molecule has 2 N–H and O–H groups in total. The molecule has 3 rings (SSSR count). The third-order valence-corrected chi connectivity index (χ3v) is 5.72. The van der Waals surface area contributed by atoms with Gasteiger partial charge in [-0.25, -0.2) is 8.42 Å². The highest BCUT2D eigenvalue weighted by Gasteiger charge is 2.17. The summed E-state index contributed by atoms with van der Waals surface area (Å²) in [6.45, 7) is 1.85. The minimum atomic E-state index is -3.40. The first-order valence-corrected chi connectivity index (χ1v) is 10.4. The first kappa shape index (κ1) is 19.3. The van der Waals surface area contributed by atoms with Crippen molar-refractivity contribution in [1.29, 1.82) is 0 Å². The number of fused-ring (bicyclic) bond motifs is 1. The van der Waals surface area contributed by atoms with Crippen LogP contribution in [0.4, 0.5) is 5.69 Å². The van der Waals surface area contributed by atoms with Crippen molar-refractivity contribution < 1.29 is 13.2 Å². The molecule has 0 fully saturated rings. The Labute approximate surface area is 162 Å². The lowest BCUT2D eigenvalue weighted by molar-refractivity contribution is 0.403. The van der Waals surface area contributed by atoms with Gasteiger partial charge in [-0.1, -0.05) is 23.7 Å². The molecule has 0 aliphatic carbocycles. The average Bonchev–Trinajstić information content (AvgIpc) is 2.61. The lowest BCUT2D eigenvalue weighted by Gasteiger charge is -2.17. The Balaban J connectivity index is 1.96. The van der Waals surface area contributed by atoms with E-state index in [1.165, 1.54) is 13.2 Å². The summed E-state index contributed by atoms with van der Waals surface area (Å²) in [5.41, 5.74) is 1.53. The molecule has 0 spiro atoms. The lowest BCUT2D eigenvalue weighted by Crippen LogP contribution is -2.19. The molecule has 0 bridgehead atoms. The van der Waals surface area contributed by atoms with Crippen molar-refractivity contribution in [2.45, 2.75) is 17.9 Å². The number of para-hydroxylation sites is 1. The average molecular weight is 407 g/mol. The number of aromatic nitrogens is 1. The smallest absolute Gasteiger partial charge is 0.253 e. The van der Waals surface area contributed by atoms with Gasteiger partial charge in [-0.05, 0) is 31.2 Å². The summed E-state index contributed by atoms with van der Waals surface area (Å²) in [5, 5.41) is 4.52. The zero-order valence-electron chi connectivity index (χ0n) is 15.0.